The molecule has 0 heterocycles. The van der Waals surface area contributed by atoms with E-state index in [1.165, 1.54) is 11.8 Å². The fourth-order valence-corrected chi connectivity index (χ4v) is 1.94. The second-order valence-electron chi connectivity index (χ2n) is 6.41. The lowest BCUT2D eigenvalue weighted by molar-refractivity contribution is 0.0191. The smallest absolute Gasteiger partial charge is 0.338 e. The summed E-state index contributed by atoms with van der Waals surface area (Å²) in [5.74, 6) is -0.915. The van der Waals surface area contributed by atoms with Crippen molar-refractivity contribution in [3.05, 3.63) is 35.4 Å². The van der Waals surface area contributed by atoms with Gasteiger partial charge in [0.25, 0.3) is 5.91 Å². The highest BCUT2D eigenvalue weighted by molar-refractivity contribution is 6.05. The lowest BCUT2D eigenvalue weighted by atomic mass is 9.98. The third-order valence-electron chi connectivity index (χ3n) is 3.07. The SMILES string of the molecule is CCN(C(=O)c1ccccc1C(=O)OCC(C)(C)C)C(C)O. The normalized spacial score (nSPS) is 12.6. The van der Waals surface area contributed by atoms with Gasteiger partial charge >= 0.3 is 5.97 Å². The second kappa shape index (κ2) is 7.40. The van der Waals surface area contributed by atoms with E-state index in [4.69, 9.17) is 4.74 Å². The summed E-state index contributed by atoms with van der Waals surface area (Å²) < 4.78 is 5.29. The van der Waals surface area contributed by atoms with Gasteiger partial charge in [-0.05, 0) is 31.4 Å². The molecule has 0 bridgehead atoms. The number of ether oxygens (including phenoxy) is 1. The van der Waals surface area contributed by atoms with Crippen LogP contribution in [-0.2, 0) is 4.74 Å². The van der Waals surface area contributed by atoms with E-state index >= 15 is 0 Å². The third kappa shape index (κ3) is 4.84. The molecule has 1 N–H and O–H groups in total. The summed E-state index contributed by atoms with van der Waals surface area (Å²) >= 11 is 0. The third-order valence-corrected chi connectivity index (χ3v) is 3.07. The topological polar surface area (TPSA) is 66.8 Å². The van der Waals surface area contributed by atoms with Crippen molar-refractivity contribution in [1.29, 1.82) is 0 Å². The van der Waals surface area contributed by atoms with Crippen LogP contribution in [0.1, 0.15) is 55.3 Å². The molecule has 0 aliphatic rings. The van der Waals surface area contributed by atoms with Gasteiger partial charge in [0.15, 0.2) is 0 Å². The Morgan fingerprint density at radius 1 is 1.23 bits per heavy atom. The van der Waals surface area contributed by atoms with Gasteiger partial charge in [-0.2, -0.15) is 0 Å². The predicted molar refractivity (Wildman–Crippen MR) is 84.6 cm³/mol. The molecular formula is C17H25NO4. The number of aliphatic hydroxyl groups excluding tert-OH is 1. The molecule has 5 nitrogen and oxygen atoms in total. The van der Waals surface area contributed by atoms with Crippen LogP contribution in [0.3, 0.4) is 0 Å². The van der Waals surface area contributed by atoms with Crippen molar-refractivity contribution in [2.75, 3.05) is 13.2 Å². The first-order valence-corrected chi connectivity index (χ1v) is 7.42. The lowest BCUT2D eigenvalue weighted by Crippen LogP contribution is -2.39. The van der Waals surface area contributed by atoms with Crippen molar-refractivity contribution in [3.8, 4) is 0 Å². The standard InChI is InChI=1S/C17H25NO4/c1-6-18(12(2)19)15(20)13-9-7-8-10-14(13)16(21)22-11-17(3,4)5/h7-10,12,19H,6,11H2,1-5H3. The van der Waals surface area contributed by atoms with Crippen molar-refractivity contribution in [1.82, 2.24) is 4.90 Å². The van der Waals surface area contributed by atoms with Crippen molar-refractivity contribution in [2.45, 2.75) is 40.8 Å². The molecule has 0 saturated heterocycles. The highest BCUT2D eigenvalue weighted by Gasteiger charge is 2.24. The molecule has 22 heavy (non-hydrogen) atoms. The van der Waals surface area contributed by atoms with E-state index in [0.717, 1.165) is 0 Å². The van der Waals surface area contributed by atoms with E-state index in [-0.39, 0.29) is 29.1 Å². The maximum absolute atomic E-state index is 12.5. The zero-order chi connectivity index (χ0) is 16.9. The molecule has 122 valence electrons. The van der Waals surface area contributed by atoms with Gasteiger partial charge in [0, 0.05) is 6.54 Å². The molecule has 0 aliphatic heterocycles. The molecule has 0 aliphatic carbocycles. The number of amides is 1. The molecule has 0 radical (unpaired) electrons. The maximum atomic E-state index is 12.5. The molecule has 1 amide bonds. The van der Waals surface area contributed by atoms with Crippen LogP contribution in [0.25, 0.3) is 0 Å². The van der Waals surface area contributed by atoms with Gasteiger partial charge in [-0.1, -0.05) is 32.9 Å². The second-order valence-corrected chi connectivity index (χ2v) is 6.41. The van der Waals surface area contributed by atoms with Crippen LogP contribution in [0.2, 0.25) is 0 Å². The summed E-state index contributed by atoms with van der Waals surface area (Å²) in [6, 6.07) is 6.50. The zero-order valence-corrected chi connectivity index (χ0v) is 13.9. The number of hydrogen-bond acceptors (Lipinski definition) is 4. The van der Waals surface area contributed by atoms with E-state index < -0.39 is 12.2 Å². The molecule has 0 aromatic heterocycles. The molecule has 1 unspecified atom stereocenters. The number of benzene rings is 1. The molecule has 1 atom stereocenters. The largest absolute Gasteiger partial charge is 0.462 e. The number of hydrogen-bond donors (Lipinski definition) is 1. The number of carbonyl (C=O) groups excluding carboxylic acids is 2. The number of aliphatic hydroxyl groups is 1. The summed E-state index contributed by atoms with van der Waals surface area (Å²) in [5.41, 5.74) is 0.309. The number of rotatable bonds is 5. The van der Waals surface area contributed by atoms with Gasteiger partial charge in [-0.3, -0.25) is 4.79 Å². The summed E-state index contributed by atoms with van der Waals surface area (Å²) in [7, 11) is 0. The van der Waals surface area contributed by atoms with Gasteiger partial charge in [-0.25, -0.2) is 4.79 Å². The first kappa shape index (κ1) is 18.2. The van der Waals surface area contributed by atoms with Crippen LogP contribution >= 0.6 is 0 Å². The quantitative estimate of drug-likeness (QED) is 0.671. The van der Waals surface area contributed by atoms with Crippen LogP contribution in [0.5, 0.6) is 0 Å². The Balaban J connectivity index is 3.04. The Morgan fingerprint density at radius 2 is 1.77 bits per heavy atom. The van der Waals surface area contributed by atoms with Crippen molar-refractivity contribution in [2.24, 2.45) is 5.41 Å². The molecular weight excluding hydrogens is 282 g/mol. The average Bonchev–Trinajstić information content (AvgIpc) is 2.44. The Hall–Kier alpha value is -1.88. The minimum Gasteiger partial charge on any atom is -0.462 e. The minimum absolute atomic E-state index is 0.149. The van der Waals surface area contributed by atoms with E-state index in [0.29, 0.717) is 6.54 Å². The summed E-state index contributed by atoms with van der Waals surface area (Å²) in [4.78, 5) is 26.0. The van der Waals surface area contributed by atoms with Gasteiger partial charge in [0.05, 0.1) is 17.7 Å². The molecule has 1 aromatic rings. The molecule has 0 fully saturated rings. The van der Waals surface area contributed by atoms with E-state index in [2.05, 4.69) is 0 Å². The molecule has 0 spiro atoms. The summed E-state index contributed by atoms with van der Waals surface area (Å²) in [6.07, 6.45) is -0.920. The maximum Gasteiger partial charge on any atom is 0.338 e. The average molecular weight is 307 g/mol. The van der Waals surface area contributed by atoms with Crippen LogP contribution in [0, 0.1) is 5.41 Å². The first-order valence-electron chi connectivity index (χ1n) is 7.42. The Labute approximate surface area is 131 Å². The summed E-state index contributed by atoms with van der Waals surface area (Å²) in [6.45, 7) is 9.79. The number of nitrogens with zero attached hydrogens (tertiary/aromatic N) is 1. The van der Waals surface area contributed by atoms with Crippen molar-refractivity contribution < 1.29 is 19.4 Å². The van der Waals surface area contributed by atoms with Crippen LogP contribution in [-0.4, -0.2) is 41.3 Å². The molecule has 5 heteroatoms. The Kier molecular flexibility index (Phi) is 6.11. The highest BCUT2D eigenvalue weighted by Crippen LogP contribution is 2.18. The van der Waals surface area contributed by atoms with Gasteiger partial charge in [-0.15, -0.1) is 0 Å². The van der Waals surface area contributed by atoms with E-state index in [1.54, 1.807) is 31.2 Å². The highest BCUT2D eigenvalue weighted by atomic mass is 16.5. The van der Waals surface area contributed by atoms with E-state index in [1.807, 2.05) is 20.8 Å². The lowest BCUT2D eigenvalue weighted by Gasteiger charge is -2.25. The molecule has 1 aromatic carbocycles. The minimum atomic E-state index is -0.920. The van der Waals surface area contributed by atoms with E-state index in [9.17, 15) is 14.7 Å². The van der Waals surface area contributed by atoms with Crippen molar-refractivity contribution >= 4 is 11.9 Å². The van der Waals surface area contributed by atoms with Crippen molar-refractivity contribution in [3.63, 3.8) is 0 Å². The Morgan fingerprint density at radius 3 is 2.23 bits per heavy atom. The number of esters is 1. The van der Waals surface area contributed by atoms with Gasteiger partial charge in [0.1, 0.15) is 6.23 Å². The Bertz CT molecular complexity index is 532. The van der Waals surface area contributed by atoms with Gasteiger partial charge < -0.3 is 14.7 Å². The summed E-state index contributed by atoms with van der Waals surface area (Å²) in [5, 5.41) is 9.67. The van der Waals surface area contributed by atoms with Crippen LogP contribution < -0.4 is 0 Å². The van der Waals surface area contributed by atoms with Gasteiger partial charge in [0.2, 0.25) is 0 Å². The van der Waals surface area contributed by atoms with Crippen LogP contribution in [0.4, 0.5) is 0 Å². The molecule has 0 saturated carbocycles. The predicted octanol–water partition coefficient (Wildman–Crippen LogP) is 2.69. The monoisotopic (exact) mass is 307 g/mol. The number of carbonyl (C=O) groups is 2. The zero-order valence-electron chi connectivity index (χ0n) is 13.9. The molecule has 1 rings (SSSR count). The van der Waals surface area contributed by atoms with Crippen LogP contribution in [0.15, 0.2) is 24.3 Å². The fourth-order valence-electron chi connectivity index (χ4n) is 1.94. The first-order chi connectivity index (χ1) is 10.2. The fraction of sp³-hybridized carbons (Fsp3) is 0.529.